The number of nitrogens with two attached hydrogens (primary N) is 2. The van der Waals surface area contributed by atoms with Gasteiger partial charge in [0, 0.05) is 59.6 Å². The molecule has 2 saturated carbocycles. The Morgan fingerprint density at radius 1 is 0.571 bits per heavy atom. The first kappa shape index (κ1) is 52.2. The molecule has 4 heterocycles. The Bertz CT molecular complexity index is 2450. The second-order valence-corrected chi connectivity index (χ2v) is 20.6. The van der Waals surface area contributed by atoms with Gasteiger partial charge in [0.25, 0.3) is 0 Å². The summed E-state index contributed by atoms with van der Waals surface area (Å²) in [6, 6.07) is 11.6. The van der Waals surface area contributed by atoms with Crippen LogP contribution in [0, 0.1) is 10.8 Å². The number of unbranched alkanes of at least 4 members (excludes halogenated alkanes) is 6. The summed E-state index contributed by atoms with van der Waals surface area (Å²) in [6.45, 7) is 15.7. The minimum absolute atomic E-state index is 0.00203. The van der Waals surface area contributed by atoms with Gasteiger partial charge in [-0.3, -0.25) is 9.59 Å². The van der Waals surface area contributed by atoms with Crippen molar-refractivity contribution in [3.63, 3.8) is 0 Å². The third-order valence-electron chi connectivity index (χ3n) is 15.0. The number of hydrogen-bond acceptors (Lipinski definition) is 12. The number of nitrogens with zero attached hydrogens (tertiary/aromatic N) is 2. The van der Waals surface area contributed by atoms with Gasteiger partial charge in [-0.25, -0.2) is 9.59 Å². The summed E-state index contributed by atoms with van der Waals surface area (Å²) in [5, 5.41) is 0. The molecule has 8 rings (SSSR count). The zero-order valence-corrected chi connectivity index (χ0v) is 42.8. The number of pyridine rings is 2. The molecular weight excluding hydrogens is 889 g/mol. The van der Waals surface area contributed by atoms with E-state index in [0.29, 0.717) is 24.7 Å². The molecule has 2 fully saturated rings. The van der Waals surface area contributed by atoms with E-state index >= 15 is 0 Å². The van der Waals surface area contributed by atoms with Crippen LogP contribution in [0.15, 0.2) is 58.4 Å². The maximum atomic E-state index is 13.0. The number of benzene rings is 2. The highest BCUT2D eigenvalue weighted by Crippen LogP contribution is 2.61. The molecule has 0 saturated heterocycles. The Balaban J connectivity index is 0.000000206. The average molecular weight is 965 g/mol. The van der Waals surface area contributed by atoms with Crippen molar-refractivity contribution in [3.8, 4) is 45.5 Å². The van der Waals surface area contributed by atoms with Crippen molar-refractivity contribution >= 4 is 11.9 Å². The molecule has 0 amide bonds. The number of ether oxygens (including phenoxy) is 6. The summed E-state index contributed by atoms with van der Waals surface area (Å²) in [5.74, 6) is 2.15. The lowest BCUT2D eigenvalue weighted by Gasteiger charge is -2.40. The molecule has 0 unspecified atom stereocenters. The van der Waals surface area contributed by atoms with Crippen LogP contribution in [0.4, 0.5) is 0 Å². The highest BCUT2D eigenvalue weighted by Gasteiger charge is 2.49. The highest BCUT2D eigenvalue weighted by molar-refractivity contribution is 5.90. The van der Waals surface area contributed by atoms with Crippen molar-refractivity contribution in [2.75, 3.05) is 53.7 Å². The fourth-order valence-corrected chi connectivity index (χ4v) is 11.6. The molecule has 4 N–H and O–H groups in total. The first-order chi connectivity index (χ1) is 33.6. The average Bonchev–Trinajstić information content (AvgIpc) is 3.84. The van der Waals surface area contributed by atoms with Crippen LogP contribution in [-0.2, 0) is 9.47 Å². The van der Waals surface area contributed by atoms with E-state index in [9.17, 15) is 19.2 Å². The van der Waals surface area contributed by atoms with Crippen molar-refractivity contribution < 1.29 is 38.0 Å². The largest absolute Gasteiger partial charge is 0.493 e. The van der Waals surface area contributed by atoms with E-state index in [0.717, 1.165) is 124 Å². The van der Waals surface area contributed by atoms with E-state index in [1.807, 2.05) is 12.1 Å². The molecule has 4 aliphatic rings. The Kier molecular flexibility index (Phi) is 16.9. The van der Waals surface area contributed by atoms with Crippen molar-refractivity contribution in [3.05, 3.63) is 91.5 Å². The van der Waals surface area contributed by atoms with Gasteiger partial charge in [-0.05, 0) is 125 Å². The van der Waals surface area contributed by atoms with E-state index in [4.69, 9.17) is 39.9 Å². The maximum absolute atomic E-state index is 13.0. The SMILES string of the molecule is CCOC(=O)c1cn2c(cc1=O)-c1cc(OC)c(OCCCCCCN)cc1[C@@H]1CCC(C)(C)[C@@H]12.CCOC(=O)c1cn2c(cc1=O)-c1cc(OC)c(OCCCCCCN)cc1[C@H]1CCC(C)(C)[C@H]12. The van der Waals surface area contributed by atoms with Gasteiger partial charge in [-0.2, -0.15) is 0 Å². The normalized spacial score (nSPS) is 19.5. The third kappa shape index (κ3) is 10.7. The monoisotopic (exact) mass is 965 g/mol. The number of fused-ring (bicyclic) bond motifs is 12. The zero-order valence-electron chi connectivity index (χ0n) is 42.8. The minimum atomic E-state index is -0.571. The van der Waals surface area contributed by atoms with Gasteiger partial charge >= 0.3 is 11.9 Å². The number of methoxy groups -OCH3 is 2. The topological polar surface area (TPSA) is 186 Å². The molecule has 4 aromatic rings. The summed E-state index contributed by atoms with van der Waals surface area (Å²) >= 11 is 0. The van der Waals surface area contributed by atoms with Crippen LogP contribution in [0.1, 0.15) is 174 Å². The Labute approximate surface area is 413 Å². The molecule has 2 aromatic heterocycles. The Hall–Kier alpha value is -5.60. The van der Waals surface area contributed by atoms with Gasteiger partial charge in [0.05, 0.1) is 52.0 Å². The number of hydrogen-bond donors (Lipinski definition) is 2. The van der Waals surface area contributed by atoms with Crippen LogP contribution >= 0.6 is 0 Å². The summed E-state index contributed by atoms with van der Waals surface area (Å²) < 4.78 is 38.3. The van der Waals surface area contributed by atoms with Gasteiger partial charge in [0.15, 0.2) is 33.9 Å². The van der Waals surface area contributed by atoms with E-state index in [1.54, 1.807) is 52.6 Å². The molecule has 0 spiro atoms. The van der Waals surface area contributed by atoms with Gasteiger partial charge < -0.3 is 49.0 Å². The predicted octanol–water partition coefficient (Wildman–Crippen LogP) is 10.1. The molecule has 0 radical (unpaired) electrons. The molecule has 2 aliphatic carbocycles. The summed E-state index contributed by atoms with van der Waals surface area (Å²) in [7, 11) is 3.27. The van der Waals surface area contributed by atoms with Crippen LogP contribution < -0.4 is 41.3 Å². The smallest absolute Gasteiger partial charge is 0.343 e. The van der Waals surface area contributed by atoms with E-state index in [1.165, 1.54) is 11.1 Å². The lowest BCUT2D eigenvalue weighted by molar-refractivity contribution is 0.0513. The predicted molar refractivity (Wildman–Crippen MR) is 273 cm³/mol. The Morgan fingerprint density at radius 3 is 1.31 bits per heavy atom. The molecule has 14 nitrogen and oxygen atoms in total. The van der Waals surface area contributed by atoms with Crippen LogP contribution in [0.25, 0.3) is 22.5 Å². The van der Waals surface area contributed by atoms with Crippen molar-refractivity contribution in [1.82, 2.24) is 9.13 Å². The number of esters is 2. The number of aromatic nitrogens is 2. The van der Waals surface area contributed by atoms with E-state index in [-0.39, 0.29) is 69.9 Å². The molecule has 70 heavy (non-hydrogen) atoms. The second kappa shape index (κ2) is 22.6. The molecular formula is C56H76N4O10. The summed E-state index contributed by atoms with van der Waals surface area (Å²) in [4.78, 5) is 50.9. The zero-order chi connectivity index (χ0) is 50.3. The fourth-order valence-electron chi connectivity index (χ4n) is 11.6. The maximum Gasteiger partial charge on any atom is 0.343 e. The van der Waals surface area contributed by atoms with Gasteiger partial charge in [0.2, 0.25) is 0 Å². The number of carbonyl (C=O) groups excluding carboxylic acids is 2. The lowest BCUT2D eigenvalue weighted by atomic mass is 9.77. The van der Waals surface area contributed by atoms with E-state index in [2.05, 4.69) is 49.0 Å². The molecule has 380 valence electrons. The molecule has 14 heteroatoms. The van der Waals surface area contributed by atoms with Gasteiger partial charge in [-0.1, -0.05) is 53.4 Å². The van der Waals surface area contributed by atoms with Gasteiger partial charge in [-0.15, -0.1) is 0 Å². The summed E-state index contributed by atoms with van der Waals surface area (Å²) in [5.41, 5.74) is 16.6. The van der Waals surface area contributed by atoms with E-state index < -0.39 is 11.9 Å². The minimum Gasteiger partial charge on any atom is -0.493 e. The van der Waals surface area contributed by atoms with Crippen molar-refractivity contribution in [2.45, 2.75) is 143 Å². The van der Waals surface area contributed by atoms with Crippen LogP contribution in [-0.4, -0.2) is 74.8 Å². The molecule has 0 bridgehead atoms. The second-order valence-electron chi connectivity index (χ2n) is 20.6. The third-order valence-corrected chi connectivity index (χ3v) is 15.0. The molecule has 2 aliphatic heterocycles. The lowest BCUT2D eigenvalue weighted by Crippen LogP contribution is -2.32. The first-order valence-electron chi connectivity index (χ1n) is 25.6. The van der Waals surface area contributed by atoms with Crippen LogP contribution in [0.5, 0.6) is 23.0 Å². The fraction of sp³-hybridized carbons (Fsp3) is 0.571. The molecule has 2 aromatic carbocycles. The molecule has 4 atom stereocenters. The standard InChI is InChI=1S/2C28H38N2O5/c2*1-5-34-27(32)21-17-30-22(16-23(21)31)20-15-24(33-4)25(35-13-9-7-6-8-12-29)14-19(20)18-10-11-28(2,3)26(18)30/h2*14-18,26H,5-13,29H2,1-4H3/t2*18-,26+/m10/s1. The Morgan fingerprint density at radius 2 is 0.957 bits per heavy atom. The first-order valence-corrected chi connectivity index (χ1v) is 25.6. The summed E-state index contributed by atoms with van der Waals surface area (Å²) in [6.07, 6.45) is 16.0. The quantitative estimate of drug-likeness (QED) is 0.0632. The van der Waals surface area contributed by atoms with Gasteiger partial charge in [0.1, 0.15) is 11.1 Å². The number of carbonyl (C=O) groups is 2. The highest BCUT2D eigenvalue weighted by atomic mass is 16.5. The van der Waals surface area contributed by atoms with Crippen molar-refractivity contribution in [2.24, 2.45) is 22.3 Å². The van der Waals surface area contributed by atoms with Crippen molar-refractivity contribution in [1.29, 1.82) is 0 Å². The number of rotatable bonds is 20. The van der Waals surface area contributed by atoms with Crippen LogP contribution in [0.2, 0.25) is 0 Å². The van der Waals surface area contributed by atoms with Crippen LogP contribution in [0.3, 0.4) is 0 Å².